The highest BCUT2D eigenvalue weighted by Crippen LogP contribution is 2.46. The fourth-order valence-corrected chi connectivity index (χ4v) is 3.32. The van der Waals surface area contributed by atoms with Gasteiger partial charge in [-0.2, -0.15) is 13.2 Å². The molecule has 0 atom stereocenters. The number of alkyl halides is 3. The Kier molecular flexibility index (Phi) is 5.63. The number of hydrogen-bond donors (Lipinski definition) is 1. The molecule has 1 saturated carbocycles. The minimum absolute atomic E-state index is 0.0631. The van der Waals surface area contributed by atoms with Gasteiger partial charge in [-0.15, -0.1) is 0 Å². The van der Waals surface area contributed by atoms with Crippen molar-refractivity contribution in [3.05, 3.63) is 59.2 Å². The molecular formula is C19H16F5N3O2. The van der Waals surface area contributed by atoms with E-state index in [1.54, 1.807) is 0 Å². The van der Waals surface area contributed by atoms with Crippen LogP contribution in [0.1, 0.15) is 41.0 Å². The summed E-state index contributed by atoms with van der Waals surface area (Å²) in [6.45, 7) is -0.841. The molecule has 1 fully saturated rings. The normalized spacial score (nSPS) is 15.5. The summed E-state index contributed by atoms with van der Waals surface area (Å²) in [5.41, 5.74) is -0.250. The number of rotatable bonds is 6. The monoisotopic (exact) mass is 413 g/mol. The zero-order chi connectivity index (χ0) is 21.2. The predicted molar refractivity (Wildman–Crippen MR) is 91.0 cm³/mol. The second-order valence-electron chi connectivity index (χ2n) is 6.93. The number of nitrogens with zero attached hydrogens (tertiary/aromatic N) is 2. The summed E-state index contributed by atoms with van der Waals surface area (Å²) in [5.74, 6) is -3.98. The Morgan fingerprint density at radius 2 is 1.76 bits per heavy atom. The number of nitrogens with one attached hydrogen (secondary N) is 1. The number of benzene rings is 1. The van der Waals surface area contributed by atoms with Crippen LogP contribution in [0.4, 0.5) is 22.0 Å². The Hall–Kier alpha value is -2.91. The SMILES string of the molecule is O=C(CNC(=O)C(F)(F)F)c1cnc(CC2(c3ccc(F)cc3F)CCC2)nc1. The summed E-state index contributed by atoms with van der Waals surface area (Å²) in [6.07, 6.45) is -0.295. The van der Waals surface area contributed by atoms with Gasteiger partial charge in [-0.05, 0) is 24.5 Å². The lowest BCUT2D eigenvalue weighted by Gasteiger charge is -2.42. The third kappa shape index (κ3) is 4.57. The maximum absolute atomic E-state index is 14.2. The quantitative estimate of drug-likeness (QED) is 0.583. The van der Waals surface area contributed by atoms with Crippen molar-refractivity contribution in [1.29, 1.82) is 0 Å². The summed E-state index contributed by atoms with van der Waals surface area (Å²) >= 11 is 0. The van der Waals surface area contributed by atoms with Crippen LogP contribution in [0.15, 0.2) is 30.6 Å². The lowest BCUT2D eigenvalue weighted by atomic mass is 9.62. The van der Waals surface area contributed by atoms with E-state index in [2.05, 4.69) is 9.97 Å². The number of hydrogen-bond acceptors (Lipinski definition) is 4. The number of aromatic nitrogens is 2. The zero-order valence-corrected chi connectivity index (χ0v) is 15.0. The minimum atomic E-state index is -5.08. The number of ketones is 1. The van der Waals surface area contributed by atoms with Crippen LogP contribution in [0.2, 0.25) is 0 Å². The highest BCUT2D eigenvalue weighted by Gasteiger charge is 2.41. The molecule has 0 radical (unpaired) electrons. The van der Waals surface area contributed by atoms with E-state index >= 15 is 0 Å². The third-order valence-electron chi connectivity index (χ3n) is 5.00. The van der Waals surface area contributed by atoms with Crippen molar-refractivity contribution >= 4 is 11.7 Å². The number of Topliss-reactive ketones (excluding diaryl/α,β-unsaturated/α-hetero) is 1. The molecule has 0 saturated heterocycles. The topological polar surface area (TPSA) is 72.0 Å². The van der Waals surface area contributed by atoms with Crippen LogP contribution in [-0.4, -0.2) is 34.4 Å². The molecule has 2 aromatic rings. The van der Waals surface area contributed by atoms with Crippen LogP contribution in [0.25, 0.3) is 0 Å². The molecular weight excluding hydrogens is 397 g/mol. The maximum atomic E-state index is 14.2. The van der Waals surface area contributed by atoms with Crippen LogP contribution in [0.5, 0.6) is 0 Å². The first kappa shape index (κ1) is 20.8. The van der Waals surface area contributed by atoms with E-state index in [0.29, 0.717) is 24.2 Å². The second kappa shape index (κ2) is 7.84. The molecule has 5 nitrogen and oxygen atoms in total. The first-order valence-corrected chi connectivity index (χ1v) is 8.75. The van der Waals surface area contributed by atoms with E-state index in [0.717, 1.165) is 24.9 Å². The van der Waals surface area contributed by atoms with Crippen LogP contribution in [0, 0.1) is 11.6 Å². The Morgan fingerprint density at radius 3 is 2.28 bits per heavy atom. The Labute approximate surface area is 162 Å². The molecule has 29 heavy (non-hydrogen) atoms. The molecule has 1 N–H and O–H groups in total. The lowest BCUT2D eigenvalue weighted by Crippen LogP contribution is -2.39. The van der Waals surface area contributed by atoms with Crippen molar-refractivity contribution in [2.45, 2.75) is 37.3 Å². The Morgan fingerprint density at radius 1 is 1.10 bits per heavy atom. The van der Waals surface area contributed by atoms with E-state index in [-0.39, 0.29) is 12.0 Å². The van der Waals surface area contributed by atoms with Gasteiger partial charge in [-0.1, -0.05) is 12.5 Å². The van der Waals surface area contributed by atoms with Crippen molar-refractivity contribution in [3.63, 3.8) is 0 Å². The molecule has 1 aromatic heterocycles. The molecule has 1 aromatic carbocycles. The van der Waals surface area contributed by atoms with Gasteiger partial charge in [-0.3, -0.25) is 9.59 Å². The molecule has 0 spiro atoms. The van der Waals surface area contributed by atoms with E-state index in [4.69, 9.17) is 0 Å². The Bertz CT molecular complexity index is 924. The summed E-state index contributed by atoms with van der Waals surface area (Å²) in [7, 11) is 0. The Balaban J connectivity index is 1.68. The van der Waals surface area contributed by atoms with Gasteiger partial charge in [0.15, 0.2) is 5.78 Å². The first-order valence-electron chi connectivity index (χ1n) is 8.75. The third-order valence-corrected chi connectivity index (χ3v) is 5.00. The van der Waals surface area contributed by atoms with E-state index in [9.17, 15) is 31.5 Å². The van der Waals surface area contributed by atoms with Crippen LogP contribution in [-0.2, 0) is 16.6 Å². The van der Waals surface area contributed by atoms with Crippen LogP contribution in [0.3, 0.4) is 0 Å². The van der Waals surface area contributed by atoms with Gasteiger partial charge < -0.3 is 5.32 Å². The van der Waals surface area contributed by atoms with Gasteiger partial charge in [0.1, 0.15) is 17.5 Å². The van der Waals surface area contributed by atoms with E-state index in [1.165, 1.54) is 17.4 Å². The number of amides is 1. The van der Waals surface area contributed by atoms with Crippen LogP contribution < -0.4 is 5.32 Å². The number of halogens is 5. The molecule has 0 aliphatic heterocycles. The van der Waals surface area contributed by atoms with Gasteiger partial charge in [0, 0.05) is 30.3 Å². The van der Waals surface area contributed by atoms with E-state index < -0.39 is 41.5 Å². The molecule has 0 bridgehead atoms. The molecule has 10 heteroatoms. The summed E-state index contributed by atoms with van der Waals surface area (Å²) in [6, 6.07) is 3.43. The fraction of sp³-hybridized carbons (Fsp3) is 0.368. The van der Waals surface area contributed by atoms with Crippen molar-refractivity contribution < 1.29 is 31.5 Å². The van der Waals surface area contributed by atoms with Gasteiger partial charge in [0.05, 0.1) is 12.1 Å². The fourth-order valence-electron chi connectivity index (χ4n) is 3.32. The smallest absolute Gasteiger partial charge is 0.341 e. The molecule has 154 valence electrons. The van der Waals surface area contributed by atoms with Crippen LogP contribution >= 0.6 is 0 Å². The summed E-state index contributed by atoms with van der Waals surface area (Å²) in [5, 5.41) is 1.48. The van der Waals surface area contributed by atoms with Gasteiger partial charge in [-0.25, -0.2) is 18.7 Å². The van der Waals surface area contributed by atoms with Gasteiger partial charge >= 0.3 is 12.1 Å². The average Bonchev–Trinajstić information content (AvgIpc) is 2.62. The second-order valence-corrected chi connectivity index (χ2v) is 6.93. The maximum Gasteiger partial charge on any atom is 0.471 e. The van der Waals surface area contributed by atoms with Crippen molar-refractivity contribution in [1.82, 2.24) is 15.3 Å². The predicted octanol–water partition coefficient (Wildman–Crippen LogP) is 3.28. The zero-order valence-electron chi connectivity index (χ0n) is 15.0. The number of carbonyl (C=O) groups is 2. The number of carbonyl (C=O) groups excluding carboxylic acids is 2. The van der Waals surface area contributed by atoms with Gasteiger partial charge in [0.25, 0.3) is 0 Å². The van der Waals surface area contributed by atoms with Gasteiger partial charge in [0.2, 0.25) is 0 Å². The van der Waals surface area contributed by atoms with E-state index in [1.807, 2.05) is 0 Å². The average molecular weight is 413 g/mol. The first-order chi connectivity index (χ1) is 13.6. The molecule has 0 unspecified atom stereocenters. The molecule has 1 aliphatic rings. The highest BCUT2D eigenvalue weighted by molar-refractivity contribution is 5.99. The molecule has 1 amide bonds. The molecule has 1 aliphatic carbocycles. The standard InChI is InChI=1S/C19H16F5N3O2/c20-12-2-3-13(14(21)6-12)18(4-1-5-18)7-16-25-8-11(9-26-16)15(28)10-27-17(29)19(22,23)24/h2-3,6,8-9H,1,4-5,7,10H2,(H,27,29). The molecule has 3 rings (SSSR count). The van der Waals surface area contributed by atoms with Crippen molar-refractivity contribution in [2.75, 3.05) is 6.54 Å². The van der Waals surface area contributed by atoms with Crippen molar-refractivity contribution in [3.8, 4) is 0 Å². The minimum Gasteiger partial charge on any atom is -0.341 e. The summed E-state index contributed by atoms with van der Waals surface area (Å²) in [4.78, 5) is 30.8. The lowest BCUT2D eigenvalue weighted by molar-refractivity contribution is -0.173. The highest BCUT2D eigenvalue weighted by atomic mass is 19.4. The summed E-state index contributed by atoms with van der Waals surface area (Å²) < 4.78 is 63.9. The van der Waals surface area contributed by atoms with Crippen molar-refractivity contribution in [2.24, 2.45) is 0 Å². The largest absolute Gasteiger partial charge is 0.471 e. The molecule has 1 heterocycles.